The number of fused-ring (bicyclic) bond motifs is 1. The summed E-state index contributed by atoms with van der Waals surface area (Å²) in [5.74, 6) is -0.684. The number of carbonyl (C=O) groups excluding carboxylic acids is 2. The van der Waals surface area contributed by atoms with Crippen molar-refractivity contribution in [2.24, 2.45) is 5.73 Å². The van der Waals surface area contributed by atoms with Crippen molar-refractivity contribution in [3.05, 3.63) is 46.4 Å². The fraction of sp³-hybridized carbons (Fsp3) is 0.542. The fourth-order valence-electron chi connectivity index (χ4n) is 4.91. The normalized spacial score (nSPS) is 20.5. The van der Waals surface area contributed by atoms with Crippen LogP contribution in [0.2, 0.25) is 0 Å². The van der Waals surface area contributed by atoms with Crippen LogP contribution in [0.4, 0.5) is 15.0 Å². The van der Waals surface area contributed by atoms with E-state index in [1.165, 1.54) is 6.07 Å². The highest BCUT2D eigenvalue weighted by atomic mass is 19.1. The second-order valence-electron chi connectivity index (χ2n) is 10.0. The van der Waals surface area contributed by atoms with Crippen molar-refractivity contribution < 1.29 is 18.7 Å². The average Bonchev–Trinajstić information content (AvgIpc) is 3.31. The Balaban J connectivity index is 1.58. The van der Waals surface area contributed by atoms with Crippen molar-refractivity contribution >= 4 is 17.8 Å². The monoisotopic (exact) mass is 457 g/mol. The largest absolute Gasteiger partial charge is 0.444 e. The minimum absolute atomic E-state index is 0.0421. The summed E-state index contributed by atoms with van der Waals surface area (Å²) in [5.41, 5.74) is 14.3. The number of hydrogen-bond acceptors (Lipinski definition) is 5. The van der Waals surface area contributed by atoms with Crippen LogP contribution >= 0.6 is 0 Å². The summed E-state index contributed by atoms with van der Waals surface area (Å²) in [4.78, 5) is 26.7. The van der Waals surface area contributed by atoms with Gasteiger partial charge in [0.05, 0.1) is 18.3 Å². The van der Waals surface area contributed by atoms with E-state index >= 15 is 0 Å². The first kappa shape index (κ1) is 23.1. The number of amides is 2. The highest BCUT2D eigenvalue weighted by Crippen LogP contribution is 2.36. The number of rotatable bonds is 4. The van der Waals surface area contributed by atoms with Gasteiger partial charge >= 0.3 is 6.09 Å². The van der Waals surface area contributed by atoms with Gasteiger partial charge in [-0.1, -0.05) is 6.07 Å². The number of aryl methyl sites for hydroxylation is 1. The number of carbonyl (C=O) groups is 2. The third kappa shape index (κ3) is 4.82. The quantitative estimate of drug-likeness (QED) is 0.730. The predicted octanol–water partition coefficient (Wildman–Crippen LogP) is 3.38. The molecular formula is C24H32FN5O3. The number of benzene rings is 1. The summed E-state index contributed by atoms with van der Waals surface area (Å²) in [6.07, 6.45) is 3.35. The molecule has 1 aliphatic carbocycles. The number of nitrogens with zero attached hydrogens (tertiary/aromatic N) is 3. The SMILES string of the molecule is CC(C)(C)OC(=O)N1CCC[C@H]1Cn1nc(C2CCc3cc(F)ccc3C2)c(C(N)=O)c1N. The minimum Gasteiger partial charge on any atom is -0.444 e. The number of primary amides is 1. The molecule has 2 amide bonds. The molecule has 0 spiro atoms. The highest BCUT2D eigenvalue weighted by Gasteiger charge is 2.35. The maximum Gasteiger partial charge on any atom is 0.410 e. The number of nitrogens with two attached hydrogens (primary N) is 2. The number of aromatic nitrogens is 2. The van der Waals surface area contributed by atoms with Gasteiger partial charge in [-0.15, -0.1) is 0 Å². The van der Waals surface area contributed by atoms with Crippen LogP contribution in [-0.4, -0.2) is 44.9 Å². The van der Waals surface area contributed by atoms with E-state index in [0.29, 0.717) is 31.6 Å². The first-order valence-electron chi connectivity index (χ1n) is 11.5. The van der Waals surface area contributed by atoms with Gasteiger partial charge in [0.25, 0.3) is 5.91 Å². The molecule has 4 N–H and O–H groups in total. The summed E-state index contributed by atoms with van der Waals surface area (Å²) in [6, 6.07) is 4.68. The van der Waals surface area contributed by atoms with Gasteiger partial charge in [0.15, 0.2) is 0 Å². The van der Waals surface area contributed by atoms with Crippen molar-refractivity contribution in [1.29, 1.82) is 0 Å². The third-order valence-corrected chi connectivity index (χ3v) is 6.44. The van der Waals surface area contributed by atoms with E-state index in [1.54, 1.807) is 21.7 Å². The Morgan fingerprint density at radius 1 is 1.24 bits per heavy atom. The van der Waals surface area contributed by atoms with Crippen molar-refractivity contribution in [1.82, 2.24) is 14.7 Å². The first-order chi connectivity index (χ1) is 15.5. The number of anilines is 1. The van der Waals surface area contributed by atoms with Gasteiger partial charge in [-0.3, -0.25) is 4.79 Å². The number of likely N-dealkylation sites (tertiary alicyclic amines) is 1. The van der Waals surface area contributed by atoms with Crippen molar-refractivity contribution in [2.75, 3.05) is 12.3 Å². The van der Waals surface area contributed by atoms with Gasteiger partial charge in [0, 0.05) is 12.5 Å². The second kappa shape index (κ2) is 8.68. The third-order valence-electron chi connectivity index (χ3n) is 6.44. The zero-order valence-corrected chi connectivity index (χ0v) is 19.4. The molecule has 178 valence electrons. The Bertz CT molecular complexity index is 1070. The zero-order valence-electron chi connectivity index (χ0n) is 19.4. The second-order valence-corrected chi connectivity index (χ2v) is 10.0. The lowest BCUT2D eigenvalue weighted by molar-refractivity contribution is 0.0212. The Morgan fingerprint density at radius 2 is 2.00 bits per heavy atom. The molecule has 2 heterocycles. The molecule has 2 aromatic rings. The fourth-order valence-corrected chi connectivity index (χ4v) is 4.91. The Hall–Kier alpha value is -3.10. The van der Waals surface area contributed by atoms with Gasteiger partial charge in [-0.05, 0) is 76.1 Å². The van der Waals surface area contributed by atoms with Gasteiger partial charge in [0.2, 0.25) is 0 Å². The molecule has 1 aromatic heterocycles. The number of hydrogen-bond donors (Lipinski definition) is 2. The van der Waals surface area contributed by atoms with Crippen molar-refractivity contribution in [2.45, 2.75) is 77.0 Å². The van der Waals surface area contributed by atoms with Crippen LogP contribution in [0.5, 0.6) is 0 Å². The van der Waals surface area contributed by atoms with Crippen LogP contribution < -0.4 is 11.5 Å². The van der Waals surface area contributed by atoms with Crippen molar-refractivity contribution in [3.8, 4) is 0 Å². The van der Waals surface area contributed by atoms with E-state index in [0.717, 1.165) is 30.4 Å². The van der Waals surface area contributed by atoms with E-state index in [-0.39, 0.29) is 35.3 Å². The molecule has 1 fully saturated rings. The molecule has 1 unspecified atom stereocenters. The van der Waals surface area contributed by atoms with E-state index in [9.17, 15) is 14.0 Å². The number of nitrogen functional groups attached to an aromatic ring is 1. The van der Waals surface area contributed by atoms with Gasteiger partial charge < -0.3 is 21.1 Å². The first-order valence-corrected chi connectivity index (χ1v) is 11.5. The van der Waals surface area contributed by atoms with Gasteiger partial charge in [-0.25, -0.2) is 13.9 Å². The molecule has 33 heavy (non-hydrogen) atoms. The lowest BCUT2D eigenvalue weighted by Crippen LogP contribution is -2.41. The smallest absolute Gasteiger partial charge is 0.410 e. The molecule has 1 aromatic carbocycles. The Kier molecular flexibility index (Phi) is 6.07. The summed E-state index contributed by atoms with van der Waals surface area (Å²) >= 11 is 0. The lowest BCUT2D eigenvalue weighted by Gasteiger charge is -2.28. The molecule has 0 saturated carbocycles. The van der Waals surface area contributed by atoms with E-state index in [1.807, 2.05) is 20.8 Å². The zero-order chi connectivity index (χ0) is 23.9. The van der Waals surface area contributed by atoms with Gasteiger partial charge in [-0.2, -0.15) is 5.10 Å². The molecule has 9 heteroatoms. The van der Waals surface area contributed by atoms with Crippen LogP contribution in [0.3, 0.4) is 0 Å². The topological polar surface area (TPSA) is 116 Å². The van der Waals surface area contributed by atoms with Crippen LogP contribution in [0.1, 0.15) is 73.1 Å². The minimum atomic E-state index is -0.617. The molecule has 4 rings (SSSR count). The summed E-state index contributed by atoms with van der Waals surface area (Å²) < 4.78 is 20.7. The predicted molar refractivity (Wildman–Crippen MR) is 122 cm³/mol. The standard InChI is InChI=1S/C24H32FN5O3/c1-24(2,3)33-23(32)29-10-4-5-18(29)13-30-21(26)19(22(27)31)20(28-30)16-7-6-15-12-17(25)9-8-14(15)11-16/h8-9,12,16,18H,4-7,10-11,13,26H2,1-3H3,(H2,27,31)/t16?,18-/m0/s1. The van der Waals surface area contributed by atoms with E-state index in [2.05, 4.69) is 0 Å². The molecular weight excluding hydrogens is 425 g/mol. The molecule has 1 aliphatic heterocycles. The summed E-state index contributed by atoms with van der Waals surface area (Å²) in [5, 5.41) is 4.71. The number of ether oxygens (including phenoxy) is 1. The van der Waals surface area contributed by atoms with Crippen LogP contribution in [0.15, 0.2) is 18.2 Å². The molecule has 1 saturated heterocycles. The Morgan fingerprint density at radius 3 is 2.70 bits per heavy atom. The van der Waals surface area contributed by atoms with Crippen LogP contribution in [0, 0.1) is 5.82 Å². The highest BCUT2D eigenvalue weighted by molar-refractivity contribution is 5.98. The summed E-state index contributed by atoms with van der Waals surface area (Å²) in [7, 11) is 0. The maximum atomic E-state index is 13.6. The average molecular weight is 458 g/mol. The maximum absolute atomic E-state index is 13.6. The Labute approximate surface area is 193 Å². The van der Waals surface area contributed by atoms with Crippen molar-refractivity contribution in [3.63, 3.8) is 0 Å². The number of halogens is 1. The van der Waals surface area contributed by atoms with Crippen LogP contribution in [-0.2, 0) is 24.1 Å². The molecule has 0 radical (unpaired) electrons. The van der Waals surface area contributed by atoms with Gasteiger partial charge in [0.1, 0.15) is 22.8 Å². The molecule has 0 bridgehead atoms. The molecule has 8 nitrogen and oxygen atoms in total. The summed E-state index contributed by atoms with van der Waals surface area (Å²) in [6.45, 7) is 6.48. The van der Waals surface area contributed by atoms with E-state index < -0.39 is 11.5 Å². The van der Waals surface area contributed by atoms with E-state index in [4.69, 9.17) is 21.3 Å². The van der Waals surface area contributed by atoms with Crippen LogP contribution in [0.25, 0.3) is 0 Å². The molecule has 2 aliphatic rings. The lowest BCUT2D eigenvalue weighted by atomic mass is 9.81. The molecule has 2 atom stereocenters.